The first kappa shape index (κ1) is 23.7. The van der Waals surface area contributed by atoms with Crippen LogP contribution in [-0.2, 0) is 10.0 Å². The third-order valence-corrected chi connectivity index (χ3v) is 5.11. The van der Waals surface area contributed by atoms with Crippen LogP contribution in [0.4, 0.5) is 0 Å². The van der Waals surface area contributed by atoms with Crippen molar-refractivity contribution in [3.63, 3.8) is 0 Å². The number of rotatable bonds is 10. The van der Waals surface area contributed by atoms with Crippen molar-refractivity contribution in [1.82, 2.24) is 15.4 Å². The molecule has 0 fully saturated rings. The van der Waals surface area contributed by atoms with E-state index in [1.165, 1.54) is 12.2 Å². The standard InChI is InChI=1S/C18H26ClN3O3S2/c1-18(2,12-20-3)13-22-27(24,25)10-4-5-16(26)11-21-17(23)14-6-8-15(19)9-7-14/h4-10,20,22,26H,11-13H2,1-3H3,(H,21,23)/b10-4+,16-5-. The topological polar surface area (TPSA) is 87.3 Å². The van der Waals surface area contributed by atoms with Crippen LogP contribution in [-0.4, -0.2) is 41.0 Å². The Labute approximate surface area is 171 Å². The number of carbonyl (C=O) groups is 1. The van der Waals surface area contributed by atoms with Gasteiger partial charge in [0.1, 0.15) is 0 Å². The van der Waals surface area contributed by atoms with E-state index in [4.69, 9.17) is 11.6 Å². The smallest absolute Gasteiger partial charge is 0.251 e. The fraction of sp³-hybridized carbons (Fsp3) is 0.389. The molecule has 0 atom stereocenters. The zero-order chi connectivity index (χ0) is 20.5. The number of amides is 1. The van der Waals surface area contributed by atoms with Gasteiger partial charge in [0.2, 0.25) is 10.0 Å². The van der Waals surface area contributed by atoms with E-state index in [1.807, 2.05) is 20.9 Å². The molecular formula is C18H26ClN3O3S2. The molecule has 0 aromatic heterocycles. The van der Waals surface area contributed by atoms with E-state index in [2.05, 4.69) is 28.0 Å². The third kappa shape index (κ3) is 9.97. The van der Waals surface area contributed by atoms with Crippen LogP contribution in [0.15, 0.2) is 46.7 Å². The number of hydrogen-bond acceptors (Lipinski definition) is 5. The Hall–Kier alpha value is -1.32. The first-order valence-electron chi connectivity index (χ1n) is 8.29. The van der Waals surface area contributed by atoms with Crippen LogP contribution in [0, 0.1) is 5.41 Å². The van der Waals surface area contributed by atoms with Crippen LogP contribution in [0.2, 0.25) is 5.02 Å². The SMILES string of the molecule is CNCC(C)(C)CNS(=O)(=O)/C=C/C=C(\S)CNC(=O)c1ccc(Cl)cc1. The van der Waals surface area contributed by atoms with Gasteiger partial charge in [-0.3, -0.25) is 4.79 Å². The average Bonchev–Trinajstić information content (AvgIpc) is 2.59. The van der Waals surface area contributed by atoms with Crippen molar-refractivity contribution < 1.29 is 13.2 Å². The number of carbonyl (C=O) groups excluding carboxylic acids is 1. The van der Waals surface area contributed by atoms with Crippen LogP contribution in [0.3, 0.4) is 0 Å². The maximum absolute atomic E-state index is 12.0. The monoisotopic (exact) mass is 431 g/mol. The van der Waals surface area contributed by atoms with Crippen molar-refractivity contribution >= 4 is 40.2 Å². The van der Waals surface area contributed by atoms with E-state index in [0.717, 1.165) is 5.41 Å². The van der Waals surface area contributed by atoms with Gasteiger partial charge in [0.25, 0.3) is 5.91 Å². The zero-order valence-corrected chi connectivity index (χ0v) is 18.1. The molecular weight excluding hydrogens is 406 g/mol. The van der Waals surface area contributed by atoms with Gasteiger partial charge in [-0.15, -0.1) is 12.6 Å². The lowest BCUT2D eigenvalue weighted by molar-refractivity contribution is 0.0957. The predicted molar refractivity (Wildman–Crippen MR) is 115 cm³/mol. The summed E-state index contributed by atoms with van der Waals surface area (Å²) in [5.41, 5.74) is 0.277. The molecule has 0 aliphatic heterocycles. The molecule has 9 heteroatoms. The highest BCUT2D eigenvalue weighted by Crippen LogP contribution is 2.12. The molecule has 0 unspecified atom stereocenters. The summed E-state index contributed by atoms with van der Waals surface area (Å²) in [6.07, 6.45) is 2.90. The van der Waals surface area contributed by atoms with Crippen LogP contribution in [0.5, 0.6) is 0 Å². The lowest BCUT2D eigenvalue weighted by Crippen LogP contribution is -2.38. The van der Waals surface area contributed by atoms with Gasteiger partial charge >= 0.3 is 0 Å². The Morgan fingerprint density at radius 2 is 1.85 bits per heavy atom. The summed E-state index contributed by atoms with van der Waals surface area (Å²) in [6.45, 7) is 5.11. The Morgan fingerprint density at radius 3 is 2.44 bits per heavy atom. The maximum atomic E-state index is 12.0. The van der Waals surface area contributed by atoms with Gasteiger partial charge in [-0.25, -0.2) is 13.1 Å². The fourth-order valence-corrected chi connectivity index (χ4v) is 3.34. The second-order valence-corrected chi connectivity index (χ2v) is 9.40. The molecule has 0 heterocycles. The Balaban J connectivity index is 2.52. The molecule has 0 spiro atoms. The summed E-state index contributed by atoms with van der Waals surface area (Å²) in [4.78, 5) is 12.5. The van der Waals surface area contributed by atoms with Crippen molar-refractivity contribution in [2.45, 2.75) is 13.8 Å². The largest absolute Gasteiger partial charge is 0.347 e. The minimum absolute atomic E-state index is 0.178. The Bertz CT molecular complexity index is 789. The lowest BCUT2D eigenvalue weighted by atomic mass is 9.94. The van der Waals surface area contributed by atoms with Crippen LogP contribution in [0.25, 0.3) is 0 Å². The minimum Gasteiger partial charge on any atom is -0.347 e. The second-order valence-electron chi connectivity index (χ2n) is 6.74. The first-order valence-corrected chi connectivity index (χ1v) is 10.7. The molecule has 0 aliphatic rings. The van der Waals surface area contributed by atoms with Gasteiger partial charge in [0.05, 0.1) is 0 Å². The summed E-state index contributed by atoms with van der Waals surface area (Å²) in [7, 11) is -1.72. The molecule has 1 aromatic carbocycles. The number of allylic oxidation sites excluding steroid dienone is 2. The first-order chi connectivity index (χ1) is 12.5. The van der Waals surface area contributed by atoms with Crippen molar-refractivity contribution in [2.24, 2.45) is 5.41 Å². The molecule has 0 aliphatic carbocycles. The molecule has 6 nitrogen and oxygen atoms in total. The molecule has 0 saturated heterocycles. The highest BCUT2D eigenvalue weighted by molar-refractivity contribution is 7.92. The molecule has 27 heavy (non-hydrogen) atoms. The zero-order valence-electron chi connectivity index (χ0n) is 15.6. The summed E-state index contributed by atoms with van der Waals surface area (Å²) in [5, 5.41) is 7.34. The quantitative estimate of drug-likeness (QED) is 0.338. The van der Waals surface area contributed by atoms with Gasteiger partial charge in [-0.05, 0) is 42.8 Å². The summed E-state index contributed by atoms with van der Waals surface area (Å²) >= 11 is 10.0. The van der Waals surface area contributed by atoms with Gasteiger partial charge in [-0.2, -0.15) is 0 Å². The molecule has 3 N–H and O–H groups in total. The predicted octanol–water partition coefficient (Wildman–Crippen LogP) is 2.56. The van der Waals surface area contributed by atoms with E-state index in [9.17, 15) is 13.2 Å². The van der Waals surface area contributed by atoms with Crippen molar-refractivity contribution in [3.8, 4) is 0 Å². The summed E-state index contributed by atoms with van der Waals surface area (Å²) in [5.74, 6) is -0.267. The van der Waals surface area contributed by atoms with Crippen molar-refractivity contribution in [3.05, 3.63) is 57.3 Å². The fourth-order valence-electron chi connectivity index (χ4n) is 2.07. The van der Waals surface area contributed by atoms with E-state index in [0.29, 0.717) is 28.6 Å². The molecule has 1 amide bonds. The van der Waals surface area contributed by atoms with E-state index in [-0.39, 0.29) is 17.9 Å². The van der Waals surface area contributed by atoms with Gasteiger partial charge in [0.15, 0.2) is 0 Å². The van der Waals surface area contributed by atoms with Crippen molar-refractivity contribution in [1.29, 1.82) is 0 Å². The normalized spacial score (nSPS) is 13.1. The third-order valence-electron chi connectivity index (χ3n) is 3.49. The van der Waals surface area contributed by atoms with Gasteiger partial charge in [-0.1, -0.05) is 31.5 Å². The number of thiol groups is 1. The number of benzene rings is 1. The minimum atomic E-state index is -3.54. The molecule has 1 aromatic rings. The molecule has 0 saturated carbocycles. The molecule has 0 bridgehead atoms. The van der Waals surface area contributed by atoms with Gasteiger partial charge in [0, 0.05) is 40.5 Å². The van der Waals surface area contributed by atoms with E-state index >= 15 is 0 Å². The summed E-state index contributed by atoms with van der Waals surface area (Å²) < 4.78 is 26.5. The molecule has 150 valence electrons. The van der Waals surface area contributed by atoms with E-state index in [1.54, 1.807) is 24.3 Å². The molecule has 0 radical (unpaired) electrons. The number of halogens is 1. The Kier molecular flexibility index (Phi) is 9.55. The van der Waals surface area contributed by atoms with Crippen LogP contribution < -0.4 is 15.4 Å². The summed E-state index contributed by atoms with van der Waals surface area (Å²) in [6, 6.07) is 6.50. The highest BCUT2D eigenvalue weighted by Gasteiger charge is 2.19. The van der Waals surface area contributed by atoms with Crippen molar-refractivity contribution in [2.75, 3.05) is 26.7 Å². The highest BCUT2D eigenvalue weighted by atomic mass is 35.5. The Morgan fingerprint density at radius 1 is 1.22 bits per heavy atom. The van der Waals surface area contributed by atoms with E-state index < -0.39 is 10.0 Å². The maximum Gasteiger partial charge on any atom is 0.251 e. The number of sulfonamides is 1. The number of nitrogens with one attached hydrogen (secondary N) is 3. The van der Waals surface area contributed by atoms with Crippen LogP contribution >= 0.6 is 24.2 Å². The van der Waals surface area contributed by atoms with Crippen LogP contribution in [0.1, 0.15) is 24.2 Å². The second kappa shape index (κ2) is 10.9. The lowest BCUT2D eigenvalue weighted by Gasteiger charge is -2.23. The average molecular weight is 432 g/mol. The molecule has 1 rings (SSSR count). The van der Waals surface area contributed by atoms with Gasteiger partial charge < -0.3 is 10.6 Å². The number of hydrogen-bond donors (Lipinski definition) is 4.